The molecule has 1 heterocycles. The SMILES string of the molecule is CNCC(=O)NC1CCc2c(-c3nnc(-c4ccc(OC(C)C)c(C#N)c4)s3)cccc21. The minimum atomic E-state index is -0.00727. The summed E-state index contributed by atoms with van der Waals surface area (Å²) in [5.41, 5.74) is 4.73. The summed E-state index contributed by atoms with van der Waals surface area (Å²) in [5, 5.41) is 25.9. The molecule has 1 atom stereocenters. The molecule has 0 spiro atoms. The predicted octanol–water partition coefficient (Wildman–Crippen LogP) is 3.85. The minimum Gasteiger partial charge on any atom is -0.490 e. The average molecular weight is 448 g/mol. The number of benzene rings is 2. The number of aromatic nitrogens is 2. The van der Waals surface area contributed by atoms with Crippen LogP contribution in [0.4, 0.5) is 0 Å². The van der Waals surface area contributed by atoms with E-state index in [4.69, 9.17) is 4.74 Å². The van der Waals surface area contributed by atoms with Crippen molar-refractivity contribution < 1.29 is 9.53 Å². The van der Waals surface area contributed by atoms with Gasteiger partial charge in [0.1, 0.15) is 21.8 Å². The molecule has 7 nitrogen and oxygen atoms in total. The highest BCUT2D eigenvalue weighted by molar-refractivity contribution is 7.17. The van der Waals surface area contributed by atoms with Crippen LogP contribution in [0.1, 0.15) is 43.0 Å². The van der Waals surface area contributed by atoms with E-state index in [1.807, 2.05) is 32.0 Å². The van der Waals surface area contributed by atoms with Crippen molar-refractivity contribution >= 4 is 17.2 Å². The van der Waals surface area contributed by atoms with Gasteiger partial charge in [0, 0.05) is 11.1 Å². The molecule has 2 aromatic carbocycles. The van der Waals surface area contributed by atoms with Crippen molar-refractivity contribution in [1.29, 1.82) is 5.26 Å². The number of carbonyl (C=O) groups excluding carboxylic acids is 1. The highest BCUT2D eigenvalue weighted by Crippen LogP contribution is 2.40. The molecule has 0 bridgehead atoms. The number of carbonyl (C=O) groups is 1. The summed E-state index contributed by atoms with van der Waals surface area (Å²) >= 11 is 1.50. The lowest BCUT2D eigenvalue weighted by Gasteiger charge is -2.14. The van der Waals surface area contributed by atoms with Gasteiger partial charge in [0.15, 0.2) is 0 Å². The number of nitrogens with zero attached hydrogens (tertiary/aromatic N) is 3. The van der Waals surface area contributed by atoms with Gasteiger partial charge in [0.2, 0.25) is 5.91 Å². The number of nitrogens with one attached hydrogen (secondary N) is 2. The first kappa shape index (κ1) is 21.9. The van der Waals surface area contributed by atoms with Gasteiger partial charge in [0.25, 0.3) is 0 Å². The minimum absolute atomic E-state index is 0.00639. The van der Waals surface area contributed by atoms with Crippen LogP contribution in [0.3, 0.4) is 0 Å². The van der Waals surface area contributed by atoms with Gasteiger partial charge in [-0.1, -0.05) is 29.5 Å². The number of fused-ring (bicyclic) bond motifs is 1. The average Bonchev–Trinajstić information content (AvgIpc) is 3.41. The second kappa shape index (κ2) is 9.47. The second-order valence-corrected chi connectivity index (χ2v) is 8.94. The van der Waals surface area contributed by atoms with Crippen molar-refractivity contribution in [2.45, 2.75) is 38.8 Å². The summed E-state index contributed by atoms with van der Waals surface area (Å²) in [4.78, 5) is 12.0. The fraction of sp³-hybridized carbons (Fsp3) is 0.333. The molecule has 3 aromatic rings. The maximum Gasteiger partial charge on any atom is 0.234 e. The molecule has 32 heavy (non-hydrogen) atoms. The van der Waals surface area contributed by atoms with Crippen LogP contribution in [0.5, 0.6) is 5.75 Å². The van der Waals surface area contributed by atoms with Crippen molar-refractivity contribution in [3.63, 3.8) is 0 Å². The van der Waals surface area contributed by atoms with E-state index < -0.39 is 0 Å². The molecule has 0 radical (unpaired) electrons. The second-order valence-electron chi connectivity index (χ2n) is 7.96. The summed E-state index contributed by atoms with van der Waals surface area (Å²) in [6, 6.07) is 13.9. The highest BCUT2D eigenvalue weighted by atomic mass is 32.1. The monoisotopic (exact) mass is 447 g/mol. The molecule has 1 aliphatic carbocycles. The summed E-state index contributed by atoms with van der Waals surface area (Å²) in [6.45, 7) is 4.17. The Bertz CT molecular complexity index is 1180. The van der Waals surface area contributed by atoms with Crippen LogP contribution in [0, 0.1) is 11.3 Å². The Labute approximate surface area is 191 Å². The van der Waals surface area contributed by atoms with Crippen LogP contribution < -0.4 is 15.4 Å². The smallest absolute Gasteiger partial charge is 0.234 e. The number of nitriles is 1. The maximum absolute atomic E-state index is 12.0. The first-order valence-corrected chi connectivity index (χ1v) is 11.4. The topological polar surface area (TPSA) is 99.9 Å². The van der Waals surface area contributed by atoms with E-state index >= 15 is 0 Å². The fourth-order valence-corrected chi connectivity index (χ4v) is 4.86. The molecule has 164 valence electrons. The number of hydrogen-bond donors (Lipinski definition) is 2. The molecule has 4 rings (SSSR count). The standard InChI is InChI=1S/C24H25N5O2S/c1-14(2)31-21-10-7-15(11-16(21)12-25)23-28-29-24(32-23)19-6-4-5-18-17(19)8-9-20(18)27-22(30)13-26-3/h4-7,10-11,14,20,26H,8-9,13H2,1-3H3,(H,27,30). The Kier molecular flexibility index (Phi) is 6.49. The Balaban J connectivity index is 1.61. The van der Waals surface area contributed by atoms with Crippen LogP contribution in [0.25, 0.3) is 21.1 Å². The Morgan fingerprint density at radius 1 is 1.28 bits per heavy atom. The van der Waals surface area contributed by atoms with Gasteiger partial charge in [0.05, 0.1) is 24.3 Å². The molecule has 0 aliphatic heterocycles. The molecule has 0 saturated carbocycles. The van der Waals surface area contributed by atoms with E-state index in [1.165, 1.54) is 16.9 Å². The van der Waals surface area contributed by atoms with Crippen LogP contribution in [-0.2, 0) is 11.2 Å². The lowest BCUT2D eigenvalue weighted by molar-refractivity contribution is -0.120. The van der Waals surface area contributed by atoms with Crippen LogP contribution in [0.15, 0.2) is 36.4 Å². The van der Waals surface area contributed by atoms with Gasteiger partial charge in [-0.25, -0.2) is 0 Å². The normalized spacial score (nSPS) is 14.8. The fourth-order valence-electron chi connectivity index (χ4n) is 3.97. The Morgan fingerprint density at radius 2 is 2.09 bits per heavy atom. The third-order valence-corrected chi connectivity index (χ3v) is 6.31. The molecule has 1 aliphatic rings. The van der Waals surface area contributed by atoms with Gasteiger partial charge in [-0.15, -0.1) is 10.2 Å². The van der Waals surface area contributed by atoms with E-state index in [-0.39, 0.29) is 18.1 Å². The van der Waals surface area contributed by atoms with Crippen molar-refractivity contribution in [3.05, 3.63) is 53.1 Å². The third-order valence-electron chi connectivity index (χ3n) is 5.31. The van der Waals surface area contributed by atoms with Gasteiger partial charge >= 0.3 is 0 Å². The highest BCUT2D eigenvalue weighted by Gasteiger charge is 2.27. The number of ether oxygens (including phenoxy) is 1. The van der Waals surface area contributed by atoms with E-state index in [0.29, 0.717) is 17.9 Å². The zero-order chi connectivity index (χ0) is 22.7. The first-order chi connectivity index (χ1) is 15.5. The Hall–Kier alpha value is -3.28. The number of likely N-dealkylation sites (N-methyl/N-ethyl adjacent to an activating group) is 1. The number of hydrogen-bond acceptors (Lipinski definition) is 7. The van der Waals surface area contributed by atoms with Gasteiger partial charge in [-0.2, -0.15) is 5.26 Å². The van der Waals surface area contributed by atoms with Gasteiger partial charge in [-0.05, 0) is 63.1 Å². The van der Waals surface area contributed by atoms with E-state index in [2.05, 4.69) is 39.0 Å². The molecule has 0 fully saturated rings. The maximum atomic E-state index is 12.0. The summed E-state index contributed by atoms with van der Waals surface area (Å²) in [5.74, 6) is 0.565. The molecular weight excluding hydrogens is 422 g/mol. The van der Waals surface area contributed by atoms with E-state index in [9.17, 15) is 10.1 Å². The van der Waals surface area contributed by atoms with Crippen molar-refractivity contribution in [1.82, 2.24) is 20.8 Å². The molecule has 0 saturated heterocycles. The zero-order valence-corrected chi connectivity index (χ0v) is 19.1. The number of amides is 1. The first-order valence-electron chi connectivity index (χ1n) is 10.6. The van der Waals surface area contributed by atoms with E-state index in [0.717, 1.165) is 39.5 Å². The van der Waals surface area contributed by atoms with Gasteiger partial charge in [-0.3, -0.25) is 4.79 Å². The summed E-state index contributed by atoms with van der Waals surface area (Å²) < 4.78 is 5.72. The summed E-state index contributed by atoms with van der Waals surface area (Å²) in [6.07, 6.45) is 1.74. The van der Waals surface area contributed by atoms with Crippen LogP contribution in [-0.4, -0.2) is 35.8 Å². The quantitative estimate of drug-likeness (QED) is 0.571. The largest absolute Gasteiger partial charge is 0.490 e. The molecule has 8 heteroatoms. The molecule has 1 unspecified atom stereocenters. The molecule has 1 amide bonds. The van der Waals surface area contributed by atoms with Crippen LogP contribution in [0.2, 0.25) is 0 Å². The third kappa shape index (κ3) is 4.49. The van der Waals surface area contributed by atoms with Crippen LogP contribution >= 0.6 is 11.3 Å². The molecule has 1 aromatic heterocycles. The van der Waals surface area contributed by atoms with Gasteiger partial charge < -0.3 is 15.4 Å². The van der Waals surface area contributed by atoms with Crippen molar-refractivity contribution in [2.24, 2.45) is 0 Å². The predicted molar refractivity (Wildman–Crippen MR) is 124 cm³/mol. The number of rotatable bonds is 7. The Morgan fingerprint density at radius 3 is 2.84 bits per heavy atom. The van der Waals surface area contributed by atoms with Crippen molar-refractivity contribution in [3.8, 4) is 33.0 Å². The lowest BCUT2D eigenvalue weighted by Crippen LogP contribution is -2.34. The summed E-state index contributed by atoms with van der Waals surface area (Å²) in [7, 11) is 1.76. The zero-order valence-electron chi connectivity index (χ0n) is 18.3. The molecule has 2 N–H and O–H groups in total. The van der Waals surface area contributed by atoms with Crippen molar-refractivity contribution in [2.75, 3.05) is 13.6 Å². The lowest BCUT2D eigenvalue weighted by atomic mass is 10.0. The molecular formula is C24H25N5O2S. The van der Waals surface area contributed by atoms with E-state index in [1.54, 1.807) is 13.1 Å².